The van der Waals surface area contributed by atoms with Crippen LogP contribution < -0.4 is 5.32 Å². The number of hydrogen-bond acceptors (Lipinski definition) is 6. The van der Waals surface area contributed by atoms with Gasteiger partial charge >= 0.3 is 0 Å². The van der Waals surface area contributed by atoms with E-state index in [-0.39, 0.29) is 12.5 Å². The number of amides is 1. The van der Waals surface area contributed by atoms with Crippen LogP contribution in [0.1, 0.15) is 40.5 Å². The number of nitrogens with one attached hydrogen (secondary N) is 1. The second-order valence-electron chi connectivity index (χ2n) is 5.62. The van der Waals surface area contributed by atoms with Crippen LogP contribution in [-0.4, -0.2) is 48.5 Å². The number of unbranched alkanes of at least 4 members (excludes halogenated alkanes) is 1. The first-order valence-electron chi connectivity index (χ1n) is 7.54. The Morgan fingerprint density at radius 1 is 1.45 bits per heavy atom. The number of rotatable bonds is 5. The topological polar surface area (TPSA) is 86.2 Å². The van der Waals surface area contributed by atoms with Gasteiger partial charge in [-0.15, -0.1) is 0 Å². The second kappa shape index (κ2) is 8.97. The Morgan fingerprint density at radius 2 is 2.18 bits per heavy atom. The fourth-order valence-corrected chi connectivity index (χ4v) is 1.88. The summed E-state index contributed by atoms with van der Waals surface area (Å²) in [6.45, 7) is 7.29. The lowest BCUT2D eigenvalue weighted by atomic mass is 10.1. The van der Waals surface area contributed by atoms with Gasteiger partial charge in [0.15, 0.2) is 0 Å². The molecule has 0 saturated heterocycles. The predicted molar refractivity (Wildman–Crippen MR) is 79.6 cm³/mol. The van der Waals surface area contributed by atoms with Gasteiger partial charge in [0.1, 0.15) is 24.7 Å². The quantitative estimate of drug-likeness (QED) is 0.743. The van der Waals surface area contributed by atoms with E-state index >= 15 is 0 Å². The molecule has 3 atom stereocenters. The van der Waals surface area contributed by atoms with E-state index in [0.29, 0.717) is 6.61 Å². The van der Waals surface area contributed by atoms with Crippen LogP contribution in [0.25, 0.3) is 0 Å². The molecule has 0 aromatic rings. The van der Waals surface area contributed by atoms with Gasteiger partial charge in [-0.3, -0.25) is 4.79 Å². The molecule has 1 aliphatic rings. The molecule has 1 heterocycles. The van der Waals surface area contributed by atoms with Crippen molar-refractivity contribution in [3.63, 3.8) is 0 Å². The Balaban J connectivity index is 2.85. The van der Waals surface area contributed by atoms with Crippen molar-refractivity contribution >= 4 is 5.91 Å². The Morgan fingerprint density at radius 3 is 2.82 bits per heavy atom. The molecule has 0 aliphatic carbocycles. The molecule has 7 nitrogen and oxygen atoms in total. The minimum atomic E-state index is -0.995. The fourth-order valence-electron chi connectivity index (χ4n) is 1.88. The van der Waals surface area contributed by atoms with Crippen molar-refractivity contribution in [2.24, 2.45) is 0 Å². The molecule has 0 saturated carbocycles. The SMILES string of the molecule is CCCCO[C@H]1O/C=C\OC(C)(C)OC[C@H](O)C1NC(C)=O. The Hall–Kier alpha value is -1.31. The van der Waals surface area contributed by atoms with Gasteiger partial charge in [-0.1, -0.05) is 13.3 Å². The van der Waals surface area contributed by atoms with Gasteiger partial charge in [0.05, 0.1) is 13.2 Å². The zero-order chi connectivity index (χ0) is 16.6. The highest BCUT2D eigenvalue weighted by Crippen LogP contribution is 2.17. The van der Waals surface area contributed by atoms with Crippen LogP contribution in [0.2, 0.25) is 0 Å². The minimum absolute atomic E-state index is 0.0250. The van der Waals surface area contributed by atoms with Crippen LogP contribution in [0.15, 0.2) is 12.5 Å². The van der Waals surface area contributed by atoms with E-state index < -0.39 is 24.2 Å². The molecule has 2 N–H and O–H groups in total. The zero-order valence-electron chi connectivity index (χ0n) is 13.7. The molecule has 0 aromatic carbocycles. The van der Waals surface area contributed by atoms with Crippen molar-refractivity contribution in [3.8, 4) is 0 Å². The maximum Gasteiger partial charge on any atom is 0.222 e. The van der Waals surface area contributed by atoms with E-state index in [1.165, 1.54) is 19.4 Å². The molecule has 22 heavy (non-hydrogen) atoms. The summed E-state index contributed by atoms with van der Waals surface area (Å²) in [6, 6.07) is -0.743. The van der Waals surface area contributed by atoms with Gasteiger partial charge in [0.25, 0.3) is 0 Å². The Bertz CT molecular complexity index is 371. The van der Waals surface area contributed by atoms with Crippen molar-refractivity contribution in [1.82, 2.24) is 5.32 Å². The van der Waals surface area contributed by atoms with E-state index in [2.05, 4.69) is 5.32 Å². The summed E-state index contributed by atoms with van der Waals surface area (Å²) in [5, 5.41) is 13.0. The van der Waals surface area contributed by atoms with Crippen molar-refractivity contribution in [3.05, 3.63) is 12.5 Å². The van der Waals surface area contributed by atoms with Gasteiger partial charge in [0, 0.05) is 20.8 Å². The maximum absolute atomic E-state index is 11.4. The summed E-state index contributed by atoms with van der Waals surface area (Å²) < 4.78 is 22.0. The number of aliphatic hydroxyl groups excluding tert-OH is 1. The monoisotopic (exact) mass is 317 g/mol. The molecule has 1 aliphatic heterocycles. The largest absolute Gasteiger partial charge is 0.467 e. The second-order valence-corrected chi connectivity index (χ2v) is 5.62. The lowest BCUT2D eigenvalue weighted by Gasteiger charge is -2.34. The fraction of sp³-hybridized carbons (Fsp3) is 0.800. The lowest BCUT2D eigenvalue weighted by molar-refractivity contribution is -0.218. The molecule has 1 rings (SSSR count). The van der Waals surface area contributed by atoms with E-state index in [4.69, 9.17) is 18.9 Å². The van der Waals surface area contributed by atoms with Crippen LogP contribution in [-0.2, 0) is 23.7 Å². The smallest absolute Gasteiger partial charge is 0.222 e. The molecule has 1 unspecified atom stereocenters. The highest BCUT2D eigenvalue weighted by molar-refractivity contribution is 5.73. The highest BCUT2D eigenvalue weighted by atomic mass is 16.7. The first-order chi connectivity index (χ1) is 10.4. The van der Waals surface area contributed by atoms with Gasteiger partial charge in [-0.2, -0.15) is 0 Å². The number of carbonyl (C=O) groups is 1. The van der Waals surface area contributed by atoms with E-state index in [0.717, 1.165) is 12.8 Å². The molecule has 0 bridgehead atoms. The summed E-state index contributed by atoms with van der Waals surface area (Å²) in [5.41, 5.74) is 0. The van der Waals surface area contributed by atoms with Crippen LogP contribution in [0.5, 0.6) is 0 Å². The molecular formula is C15H27NO6. The normalized spacial score (nSPS) is 29.8. The van der Waals surface area contributed by atoms with E-state index in [9.17, 15) is 9.90 Å². The van der Waals surface area contributed by atoms with Crippen LogP contribution in [0.4, 0.5) is 0 Å². The van der Waals surface area contributed by atoms with Crippen LogP contribution >= 0.6 is 0 Å². The Kier molecular flexibility index (Phi) is 7.64. The maximum atomic E-state index is 11.4. The predicted octanol–water partition coefficient (Wildman–Crippen LogP) is 1.27. The molecule has 128 valence electrons. The molecule has 1 amide bonds. The first kappa shape index (κ1) is 18.7. The van der Waals surface area contributed by atoms with Gasteiger partial charge in [-0.05, 0) is 6.42 Å². The molecule has 0 spiro atoms. The lowest BCUT2D eigenvalue weighted by Crippen LogP contribution is -2.54. The van der Waals surface area contributed by atoms with Gasteiger partial charge in [0.2, 0.25) is 18.0 Å². The van der Waals surface area contributed by atoms with Crippen LogP contribution in [0.3, 0.4) is 0 Å². The van der Waals surface area contributed by atoms with Crippen molar-refractivity contribution in [2.45, 2.75) is 64.8 Å². The molecule has 7 heteroatoms. The summed E-state index contributed by atoms with van der Waals surface area (Å²) in [6.07, 6.45) is 2.69. The number of hydrogen-bond donors (Lipinski definition) is 2. The van der Waals surface area contributed by atoms with Crippen molar-refractivity contribution in [2.75, 3.05) is 13.2 Å². The molecule has 0 fully saturated rings. The summed E-state index contributed by atoms with van der Waals surface area (Å²) >= 11 is 0. The standard InChI is InChI=1S/C15H27NO6/c1-5-6-7-19-14-13(16-11(2)17)12(18)10-22-15(3,4)21-9-8-20-14/h8-9,12-14,18H,5-7,10H2,1-4H3,(H,16,17)/b9-8-/t12-,13?,14-/m0/s1. The van der Waals surface area contributed by atoms with E-state index in [1.54, 1.807) is 13.8 Å². The molecular weight excluding hydrogens is 290 g/mol. The molecule has 0 radical (unpaired) electrons. The summed E-state index contributed by atoms with van der Waals surface area (Å²) in [7, 11) is 0. The number of carbonyl (C=O) groups excluding carboxylic acids is 1. The van der Waals surface area contributed by atoms with Crippen molar-refractivity contribution < 1.29 is 28.8 Å². The average Bonchev–Trinajstić information content (AvgIpc) is 2.44. The molecule has 0 aromatic heterocycles. The van der Waals surface area contributed by atoms with Crippen molar-refractivity contribution in [1.29, 1.82) is 0 Å². The highest BCUT2D eigenvalue weighted by Gasteiger charge is 2.33. The van der Waals surface area contributed by atoms with Crippen LogP contribution in [0, 0.1) is 0 Å². The van der Waals surface area contributed by atoms with Gasteiger partial charge < -0.3 is 29.4 Å². The third-order valence-electron chi connectivity index (χ3n) is 3.08. The van der Waals surface area contributed by atoms with Gasteiger partial charge in [-0.25, -0.2) is 0 Å². The summed E-state index contributed by atoms with van der Waals surface area (Å²) in [5.74, 6) is -1.19. The first-order valence-corrected chi connectivity index (χ1v) is 7.54. The minimum Gasteiger partial charge on any atom is -0.467 e. The zero-order valence-corrected chi connectivity index (χ0v) is 13.7. The third-order valence-corrected chi connectivity index (χ3v) is 3.08. The third kappa shape index (κ3) is 6.64. The number of ether oxygens (including phenoxy) is 4. The summed E-state index contributed by atoms with van der Waals surface area (Å²) in [4.78, 5) is 11.4. The Labute approximate surface area is 131 Å². The number of aliphatic hydroxyl groups is 1. The average molecular weight is 317 g/mol. The van der Waals surface area contributed by atoms with E-state index in [1.807, 2.05) is 6.92 Å².